The highest BCUT2D eigenvalue weighted by Gasteiger charge is 2.11. The van der Waals surface area contributed by atoms with Crippen LogP contribution in [0.2, 0.25) is 0 Å². The zero-order valence-corrected chi connectivity index (χ0v) is 11.1. The fraction of sp³-hybridized carbons (Fsp3) is 0.176. The van der Waals surface area contributed by atoms with Crippen LogP contribution in [-0.2, 0) is 0 Å². The van der Waals surface area contributed by atoms with Crippen molar-refractivity contribution >= 4 is 11.6 Å². The lowest BCUT2D eigenvalue weighted by molar-refractivity contribution is 0.829. The summed E-state index contributed by atoms with van der Waals surface area (Å²) in [5.74, 6) is 0.989. The summed E-state index contributed by atoms with van der Waals surface area (Å²) in [6.45, 7) is 0. The maximum absolute atomic E-state index is 5.69. The molecule has 0 fully saturated rings. The molecule has 0 spiro atoms. The normalized spacial score (nSPS) is 11.2. The summed E-state index contributed by atoms with van der Waals surface area (Å²) in [4.78, 5) is 0. The van der Waals surface area contributed by atoms with Gasteiger partial charge in [0, 0.05) is 11.8 Å². The number of alkyl halides is 1. The summed E-state index contributed by atoms with van der Waals surface area (Å²) in [6, 6.07) is 21.2. The van der Waals surface area contributed by atoms with Crippen molar-refractivity contribution in [2.45, 2.75) is 12.3 Å². The third-order valence-corrected chi connectivity index (χ3v) is 3.21. The van der Waals surface area contributed by atoms with E-state index < -0.39 is 0 Å². The molecule has 2 aromatic rings. The van der Waals surface area contributed by atoms with E-state index in [-0.39, 0.29) is 0 Å². The Morgan fingerprint density at radius 2 is 1.28 bits per heavy atom. The molecule has 0 saturated carbocycles. The van der Waals surface area contributed by atoms with E-state index in [0.717, 1.165) is 6.42 Å². The largest absolute Gasteiger partial charge is 0.122 e. The molecule has 0 unspecified atom stereocenters. The number of benzene rings is 2. The Labute approximate surface area is 114 Å². The fourth-order valence-corrected chi connectivity index (χ4v) is 2.26. The van der Waals surface area contributed by atoms with Gasteiger partial charge in [-0.1, -0.05) is 72.8 Å². The van der Waals surface area contributed by atoms with Crippen molar-refractivity contribution in [3.63, 3.8) is 0 Å². The molecule has 0 heterocycles. The second-order valence-corrected chi connectivity index (χ2v) is 4.54. The summed E-state index contributed by atoms with van der Waals surface area (Å²) < 4.78 is 0. The van der Waals surface area contributed by atoms with Crippen LogP contribution in [0.1, 0.15) is 23.5 Å². The number of hydrogen-bond acceptors (Lipinski definition) is 0. The van der Waals surface area contributed by atoms with Gasteiger partial charge in [-0.05, 0) is 17.5 Å². The van der Waals surface area contributed by atoms with Crippen LogP contribution in [0, 0.1) is 0 Å². The highest BCUT2D eigenvalue weighted by atomic mass is 35.5. The van der Waals surface area contributed by atoms with Crippen LogP contribution < -0.4 is 0 Å². The SMILES string of the molecule is ClC/C=C\CC(c1ccccc1)c1ccccc1. The van der Waals surface area contributed by atoms with Gasteiger partial charge in [-0.15, -0.1) is 11.6 Å². The van der Waals surface area contributed by atoms with Crippen LogP contribution in [0.4, 0.5) is 0 Å². The number of halogens is 1. The topological polar surface area (TPSA) is 0 Å². The van der Waals surface area contributed by atoms with Gasteiger partial charge in [0.25, 0.3) is 0 Å². The van der Waals surface area contributed by atoms with Crippen LogP contribution in [0.25, 0.3) is 0 Å². The van der Waals surface area contributed by atoms with E-state index in [4.69, 9.17) is 11.6 Å². The van der Waals surface area contributed by atoms with Crippen LogP contribution in [0.5, 0.6) is 0 Å². The van der Waals surface area contributed by atoms with E-state index in [1.54, 1.807) is 0 Å². The van der Waals surface area contributed by atoms with Gasteiger partial charge in [-0.25, -0.2) is 0 Å². The molecule has 0 nitrogen and oxygen atoms in total. The van der Waals surface area contributed by atoms with Crippen LogP contribution in [0.15, 0.2) is 72.8 Å². The maximum Gasteiger partial charge on any atom is 0.0404 e. The Balaban J connectivity index is 2.26. The lowest BCUT2D eigenvalue weighted by atomic mass is 9.88. The highest BCUT2D eigenvalue weighted by molar-refractivity contribution is 6.18. The zero-order chi connectivity index (χ0) is 12.6. The minimum atomic E-state index is 0.409. The van der Waals surface area contributed by atoms with Crippen LogP contribution in [0.3, 0.4) is 0 Å². The molecule has 1 heteroatoms. The first-order valence-electron chi connectivity index (χ1n) is 6.22. The molecule has 0 aliphatic rings. The molecule has 0 radical (unpaired) electrons. The lowest BCUT2D eigenvalue weighted by Crippen LogP contribution is -1.99. The summed E-state index contributed by atoms with van der Waals surface area (Å²) in [6.07, 6.45) is 5.17. The molecule has 0 amide bonds. The quantitative estimate of drug-likeness (QED) is 0.521. The Bertz CT molecular complexity index is 434. The monoisotopic (exact) mass is 256 g/mol. The second kappa shape index (κ2) is 7.03. The van der Waals surface area contributed by atoms with Crippen molar-refractivity contribution in [1.82, 2.24) is 0 Å². The smallest absolute Gasteiger partial charge is 0.0404 e. The van der Waals surface area contributed by atoms with E-state index in [2.05, 4.69) is 66.7 Å². The van der Waals surface area contributed by atoms with Crippen molar-refractivity contribution < 1.29 is 0 Å². The minimum absolute atomic E-state index is 0.409. The first-order chi connectivity index (χ1) is 8.92. The van der Waals surface area contributed by atoms with E-state index in [9.17, 15) is 0 Å². The molecule has 0 saturated heterocycles. The molecule has 0 N–H and O–H groups in total. The van der Waals surface area contributed by atoms with E-state index in [1.165, 1.54) is 11.1 Å². The lowest BCUT2D eigenvalue weighted by Gasteiger charge is -2.16. The minimum Gasteiger partial charge on any atom is -0.122 e. The van der Waals surface area contributed by atoms with Crippen molar-refractivity contribution in [1.29, 1.82) is 0 Å². The molecule has 92 valence electrons. The number of hydrogen-bond donors (Lipinski definition) is 0. The van der Waals surface area contributed by atoms with Gasteiger partial charge in [0.15, 0.2) is 0 Å². The van der Waals surface area contributed by atoms with Crippen molar-refractivity contribution in [3.8, 4) is 0 Å². The Morgan fingerprint density at radius 3 is 1.72 bits per heavy atom. The molecule has 0 bridgehead atoms. The van der Waals surface area contributed by atoms with Crippen molar-refractivity contribution in [2.75, 3.05) is 5.88 Å². The average Bonchev–Trinajstić information content (AvgIpc) is 2.46. The maximum atomic E-state index is 5.69. The highest BCUT2D eigenvalue weighted by Crippen LogP contribution is 2.28. The number of allylic oxidation sites excluding steroid dienone is 2. The van der Waals surface area contributed by atoms with Crippen LogP contribution in [-0.4, -0.2) is 5.88 Å². The molecule has 2 aromatic carbocycles. The summed E-state index contributed by atoms with van der Waals surface area (Å²) in [5, 5.41) is 0. The third kappa shape index (κ3) is 3.48. The van der Waals surface area contributed by atoms with E-state index in [0.29, 0.717) is 11.8 Å². The fourth-order valence-electron chi connectivity index (χ4n) is 2.13. The van der Waals surface area contributed by atoms with Gasteiger partial charge >= 0.3 is 0 Å². The average molecular weight is 257 g/mol. The summed E-state index contributed by atoms with van der Waals surface area (Å²) in [5.41, 5.74) is 2.70. The van der Waals surface area contributed by atoms with E-state index >= 15 is 0 Å². The Kier molecular flexibility index (Phi) is 5.04. The standard InChI is InChI=1S/C17H17Cl/c18-14-8-7-13-17(15-9-3-1-4-10-15)16-11-5-2-6-12-16/h1-12,17H,13-14H2/b8-7-. The van der Waals surface area contributed by atoms with Crippen molar-refractivity contribution in [3.05, 3.63) is 83.9 Å². The Morgan fingerprint density at radius 1 is 0.778 bits per heavy atom. The van der Waals surface area contributed by atoms with E-state index in [1.807, 2.05) is 6.08 Å². The summed E-state index contributed by atoms with van der Waals surface area (Å²) >= 11 is 5.69. The van der Waals surface area contributed by atoms with Gasteiger partial charge < -0.3 is 0 Å². The zero-order valence-electron chi connectivity index (χ0n) is 10.3. The second-order valence-electron chi connectivity index (χ2n) is 4.24. The molecule has 0 aromatic heterocycles. The van der Waals surface area contributed by atoms with Gasteiger partial charge in [0.1, 0.15) is 0 Å². The predicted octanol–water partition coefficient (Wildman–Crippen LogP) is 5.00. The molecule has 2 rings (SSSR count). The first-order valence-corrected chi connectivity index (χ1v) is 6.76. The number of rotatable bonds is 5. The molecule has 18 heavy (non-hydrogen) atoms. The Hall–Kier alpha value is -1.53. The van der Waals surface area contributed by atoms with Crippen LogP contribution >= 0.6 is 11.6 Å². The first kappa shape index (κ1) is 12.9. The van der Waals surface area contributed by atoms with Crippen molar-refractivity contribution in [2.24, 2.45) is 0 Å². The van der Waals surface area contributed by atoms with Gasteiger partial charge in [0.2, 0.25) is 0 Å². The molecular formula is C17H17Cl. The summed E-state index contributed by atoms with van der Waals surface area (Å²) in [7, 11) is 0. The molecule has 0 aliphatic carbocycles. The molecule has 0 atom stereocenters. The predicted molar refractivity (Wildman–Crippen MR) is 79.2 cm³/mol. The van der Waals surface area contributed by atoms with Gasteiger partial charge in [-0.3, -0.25) is 0 Å². The van der Waals surface area contributed by atoms with Gasteiger partial charge in [-0.2, -0.15) is 0 Å². The van der Waals surface area contributed by atoms with Gasteiger partial charge in [0.05, 0.1) is 0 Å². The third-order valence-electron chi connectivity index (χ3n) is 3.03. The molecular weight excluding hydrogens is 240 g/mol. The molecule has 0 aliphatic heterocycles.